The van der Waals surface area contributed by atoms with Crippen LogP contribution in [0.5, 0.6) is 5.75 Å². The predicted molar refractivity (Wildman–Crippen MR) is 110 cm³/mol. The predicted octanol–water partition coefficient (Wildman–Crippen LogP) is 5.19. The number of ether oxygens (including phenoxy) is 1. The maximum atomic E-state index is 11.5. The third kappa shape index (κ3) is 5.71. The Morgan fingerprint density at radius 3 is 2.50 bits per heavy atom. The van der Waals surface area contributed by atoms with Crippen molar-refractivity contribution in [2.75, 3.05) is 0 Å². The molecular weight excluding hydrogens is 444 g/mol. The number of benzene rings is 2. The normalized spacial score (nSPS) is 11.4. The molecule has 0 fully saturated rings. The molecule has 2 aromatic carbocycles. The molecule has 0 saturated carbocycles. The number of aromatic nitrogens is 2. The van der Waals surface area contributed by atoms with Gasteiger partial charge in [-0.15, -0.1) is 10.2 Å². The lowest BCUT2D eigenvalue weighted by molar-refractivity contribution is -0.131. The highest BCUT2D eigenvalue weighted by Gasteiger charge is 2.14. The molecule has 1 N–H and O–H groups in total. The molecule has 0 bridgehead atoms. The van der Waals surface area contributed by atoms with Crippen LogP contribution < -0.4 is 4.74 Å². The van der Waals surface area contributed by atoms with E-state index in [1.165, 1.54) is 0 Å². The van der Waals surface area contributed by atoms with Crippen molar-refractivity contribution in [1.82, 2.24) is 10.2 Å². The van der Waals surface area contributed by atoms with Gasteiger partial charge in [-0.2, -0.15) is 0 Å². The van der Waals surface area contributed by atoms with Gasteiger partial charge in [0.15, 0.2) is 0 Å². The maximum absolute atomic E-state index is 11.5. The van der Waals surface area contributed by atoms with Gasteiger partial charge in [0.1, 0.15) is 17.3 Å². The third-order valence-corrected chi connectivity index (χ3v) is 5.04. The van der Waals surface area contributed by atoms with Gasteiger partial charge in [-0.1, -0.05) is 47.1 Å². The SMILES string of the molecule is CCc1nnc(S/C(=C\c2ccc(OCc3ccc(Br)cc3)cc2)C(=O)O)o1. The number of hydrogen-bond donors (Lipinski definition) is 1. The molecular formula is C20H17BrN2O4S. The first kappa shape index (κ1) is 20.2. The molecule has 0 spiro atoms. The van der Waals surface area contributed by atoms with Crippen LogP contribution >= 0.6 is 27.7 Å². The summed E-state index contributed by atoms with van der Waals surface area (Å²) in [6.45, 7) is 2.34. The number of aliphatic carboxylic acids is 1. The zero-order valence-electron chi connectivity index (χ0n) is 15.0. The molecule has 0 aliphatic rings. The number of rotatable bonds is 8. The first-order valence-corrected chi connectivity index (χ1v) is 10.1. The van der Waals surface area contributed by atoms with Gasteiger partial charge in [-0.3, -0.25) is 0 Å². The lowest BCUT2D eigenvalue weighted by Gasteiger charge is -2.07. The van der Waals surface area contributed by atoms with Crippen LogP contribution in [0.15, 0.2) is 67.5 Å². The number of halogens is 1. The summed E-state index contributed by atoms with van der Waals surface area (Å²) in [5, 5.41) is 17.3. The summed E-state index contributed by atoms with van der Waals surface area (Å²) in [7, 11) is 0. The second-order valence-electron chi connectivity index (χ2n) is 5.72. The summed E-state index contributed by atoms with van der Waals surface area (Å²) in [5.74, 6) is 0.116. The summed E-state index contributed by atoms with van der Waals surface area (Å²) in [6.07, 6.45) is 2.16. The molecule has 6 nitrogen and oxygen atoms in total. The number of thioether (sulfide) groups is 1. The molecule has 0 amide bonds. The topological polar surface area (TPSA) is 85.5 Å². The molecule has 1 heterocycles. The zero-order chi connectivity index (χ0) is 19.9. The van der Waals surface area contributed by atoms with E-state index in [-0.39, 0.29) is 10.1 Å². The number of aryl methyl sites for hydroxylation is 1. The summed E-state index contributed by atoms with van der Waals surface area (Å²) >= 11 is 4.33. The van der Waals surface area contributed by atoms with Crippen LogP contribution in [-0.2, 0) is 17.8 Å². The highest BCUT2D eigenvalue weighted by atomic mass is 79.9. The maximum Gasteiger partial charge on any atom is 0.342 e. The molecule has 8 heteroatoms. The highest BCUT2D eigenvalue weighted by Crippen LogP contribution is 2.28. The van der Waals surface area contributed by atoms with Gasteiger partial charge in [0.05, 0.1) is 0 Å². The van der Waals surface area contributed by atoms with Crippen LogP contribution in [0.2, 0.25) is 0 Å². The van der Waals surface area contributed by atoms with Gasteiger partial charge >= 0.3 is 5.97 Å². The second-order valence-corrected chi connectivity index (χ2v) is 7.62. The average Bonchev–Trinajstić information content (AvgIpc) is 3.16. The Bertz CT molecular complexity index is 969. The number of carboxylic acids is 1. The Hall–Kier alpha value is -2.58. The molecule has 0 atom stereocenters. The van der Waals surface area contributed by atoms with Gasteiger partial charge in [0.25, 0.3) is 5.22 Å². The summed E-state index contributed by atoms with van der Waals surface area (Å²) < 4.78 is 12.1. The Morgan fingerprint density at radius 2 is 1.89 bits per heavy atom. The molecule has 144 valence electrons. The van der Waals surface area contributed by atoms with E-state index in [1.54, 1.807) is 30.3 Å². The van der Waals surface area contributed by atoms with Gasteiger partial charge in [-0.05, 0) is 53.2 Å². The number of hydrogen-bond acceptors (Lipinski definition) is 6. The second kappa shape index (κ2) is 9.57. The van der Waals surface area contributed by atoms with Crippen LogP contribution in [0.4, 0.5) is 0 Å². The van der Waals surface area contributed by atoms with E-state index in [2.05, 4.69) is 26.1 Å². The van der Waals surface area contributed by atoms with Crippen molar-refractivity contribution >= 4 is 39.7 Å². The van der Waals surface area contributed by atoms with Crippen LogP contribution in [-0.4, -0.2) is 21.3 Å². The molecule has 3 aromatic rings. The molecule has 0 radical (unpaired) electrons. The first-order chi connectivity index (χ1) is 13.5. The van der Waals surface area contributed by atoms with Crippen molar-refractivity contribution in [2.24, 2.45) is 0 Å². The Labute approximate surface area is 174 Å². The molecule has 0 aliphatic heterocycles. The van der Waals surface area contributed by atoms with E-state index in [0.29, 0.717) is 24.7 Å². The van der Waals surface area contributed by atoms with Gasteiger partial charge in [-0.25, -0.2) is 4.79 Å². The van der Waals surface area contributed by atoms with Crippen molar-refractivity contribution in [3.63, 3.8) is 0 Å². The smallest absolute Gasteiger partial charge is 0.342 e. The standard InChI is InChI=1S/C20H17BrN2O4S/c1-2-18-22-23-20(27-18)28-17(19(24)25)11-13-5-9-16(10-6-13)26-12-14-3-7-15(21)8-4-14/h3-11H,2,12H2,1H3,(H,24,25)/b17-11-. The monoisotopic (exact) mass is 460 g/mol. The van der Waals surface area contributed by atoms with Crippen LogP contribution in [0.25, 0.3) is 6.08 Å². The Balaban J connectivity index is 1.66. The van der Waals surface area contributed by atoms with Crippen molar-refractivity contribution in [3.8, 4) is 5.75 Å². The summed E-state index contributed by atoms with van der Waals surface area (Å²) in [6, 6.07) is 15.1. The zero-order valence-corrected chi connectivity index (χ0v) is 17.4. The lowest BCUT2D eigenvalue weighted by atomic mass is 10.2. The minimum atomic E-state index is -1.06. The van der Waals surface area contributed by atoms with Crippen molar-refractivity contribution < 1.29 is 19.1 Å². The molecule has 1 aromatic heterocycles. The van der Waals surface area contributed by atoms with E-state index in [9.17, 15) is 9.90 Å². The van der Waals surface area contributed by atoms with Crippen molar-refractivity contribution in [2.45, 2.75) is 25.2 Å². The Morgan fingerprint density at radius 1 is 1.18 bits per heavy atom. The van der Waals surface area contributed by atoms with Crippen molar-refractivity contribution in [1.29, 1.82) is 0 Å². The van der Waals surface area contributed by atoms with Crippen LogP contribution in [0.1, 0.15) is 23.9 Å². The van der Waals surface area contributed by atoms with Gasteiger partial charge < -0.3 is 14.3 Å². The van der Waals surface area contributed by atoms with Gasteiger partial charge in [0.2, 0.25) is 5.89 Å². The number of carbonyl (C=O) groups is 1. The summed E-state index contributed by atoms with van der Waals surface area (Å²) in [4.78, 5) is 11.6. The lowest BCUT2D eigenvalue weighted by Crippen LogP contribution is -1.97. The first-order valence-electron chi connectivity index (χ1n) is 8.46. The minimum Gasteiger partial charge on any atom is -0.489 e. The van der Waals surface area contributed by atoms with E-state index < -0.39 is 5.97 Å². The molecule has 28 heavy (non-hydrogen) atoms. The Kier molecular flexibility index (Phi) is 6.89. The van der Waals surface area contributed by atoms with Crippen molar-refractivity contribution in [3.05, 3.63) is 74.9 Å². The van der Waals surface area contributed by atoms with E-state index >= 15 is 0 Å². The largest absolute Gasteiger partial charge is 0.489 e. The fraction of sp³-hybridized carbons (Fsp3) is 0.150. The fourth-order valence-electron chi connectivity index (χ4n) is 2.21. The molecule has 0 aliphatic carbocycles. The summed E-state index contributed by atoms with van der Waals surface area (Å²) in [5.41, 5.74) is 1.79. The number of nitrogens with zero attached hydrogens (tertiary/aromatic N) is 2. The van der Waals surface area contributed by atoms with Gasteiger partial charge in [0, 0.05) is 10.9 Å². The average molecular weight is 461 g/mol. The molecule has 0 unspecified atom stereocenters. The quantitative estimate of drug-likeness (QED) is 0.365. The minimum absolute atomic E-state index is 0.0924. The molecule has 0 saturated heterocycles. The molecule has 3 rings (SSSR count). The van der Waals surface area contributed by atoms with E-state index in [0.717, 1.165) is 27.4 Å². The van der Waals surface area contributed by atoms with E-state index in [4.69, 9.17) is 9.15 Å². The highest BCUT2D eigenvalue weighted by molar-refractivity contribution is 9.10. The van der Waals surface area contributed by atoms with Crippen LogP contribution in [0.3, 0.4) is 0 Å². The fourth-order valence-corrected chi connectivity index (χ4v) is 3.16. The van der Waals surface area contributed by atoms with Crippen LogP contribution in [0, 0.1) is 0 Å². The van der Waals surface area contributed by atoms with E-state index in [1.807, 2.05) is 31.2 Å². The third-order valence-electron chi connectivity index (χ3n) is 3.66. The number of carboxylic acid groups (broad SMARTS) is 1.